The number of benzene rings is 2. The number of morpholine rings is 1. The Hall–Kier alpha value is -4.24. The summed E-state index contributed by atoms with van der Waals surface area (Å²) in [4.78, 5) is 15.8. The highest BCUT2D eigenvalue weighted by atomic mass is 16.5. The molecule has 178 valence electrons. The van der Waals surface area contributed by atoms with E-state index in [4.69, 9.17) is 4.74 Å². The predicted octanol–water partition coefficient (Wildman–Crippen LogP) is 4.31. The molecular weight excluding hydrogens is 440 g/mol. The largest absolute Gasteiger partial charge is 0.378 e. The summed E-state index contributed by atoms with van der Waals surface area (Å²) in [5.74, 6) is 1.40. The zero-order valence-corrected chi connectivity index (χ0v) is 19.8. The number of aromatic nitrogens is 4. The Bertz CT molecular complexity index is 1300. The van der Waals surface area contributed by atoms with Gasteiger partial charge in [-0.25, -0.2) is 5.43 Å². The van der Waals surface area contributed by atoms with E-state index in [1.54, 1.807) is 6.21 Å². The van der Waals surface area contributed by atoms with Gasteiger partial charge in [-0.1, -0.05) is 36.4 Å². The van der Waals surface area contributed by atoms with E-state index < -0.39 is 0 Å². The van der Waals surface area contributed by atoms with Gasteiger partial charge < -0.3 is 19.5 Å². The fourth-order valence-electron chi connectivity index (χ4n) is 4.08. The van der Waals surface area contributed by atoms with Gasteiger partial charge in [-0.3, -0.25) is 0 Å². The molecule has 35 heavy (non-hydrogen) atoms. The van der Waals surface area contributed by atoms with E-state index in [1.807, 2.05) is 48.5 Å². The molecule has 1 aliphatic rings. The molecule has 0 saturated carbocycles. The second-order valence-corrected chi connectivity index (χ2v) is 8.24. The lowest BCUT2D eigenvalue weighted by Gasteiger charge is -2.27. The van der Waals surface area contributed by atoms with Crippen LogP contribution in [0.25, 0.3) is 5.69 Å². The van der Waals surface area contributed by atoms with Crippen molar-refractivity contribution >= 4 is 29.7 Å². The minimum Gasteiger partial charge on any atom is -0.378 e. The zero-order chi connectivity index (χ0) is 24.0. The molecule has 0 unspecified atom stereocenters. The summed E-state index contributed by atoms with van der Waals surface area (Å²) < 4.78 is 7.69. The van der Waals surface area contributed by atoms with Crippen molar-refractivity contribution in [2.75, 3.05) is 41.9 Å². The van der Waals surface area contributed by atoms with Gasteiger partial charge in [-0.2, -0.15) is 20.1 Å². The third-order valence-electron chi connectivity index (χ3n) is 5.80. The van der Waals surface area contributed by atoms with Crippen LogP contribution in [0.1, 0.15) is 17.0 Å². The summed E-state index contributed by atoms with van der Waals surface area (Å²) in [5.41, 5.74) is 8.28. The SMILES string of the molecule is Cc1cc(/C=N\Nc2nc(Nc3ccccc3)nc(N3CCOCC3)n2)c(C)n1-c1ccccc1. The lowest BCUT2D eigenvalue weighted by atomic mass is 10.2. The average Bonchev–Trinajstić information content (AvgIpc) is 3.18. The summed E-state index contributed by atoms with van der Waals surface area (Å²) in [5, 5.41) is 7.70. The van der Waals surface area contributed by atoms with Crippen LogP contribution in [0.4, 0.5) is 23.5 Å². The minimum atomic E-state index is 0.369. The second-order valence-electron chi connectivity index (χ2n) is 8.24. The van der Waals surface area contributed by atoms with Crippen LogP contribution >= 0.6 is 0 Å². The standard InChI is InChI=1S/C26H28N8O/c1-19-17-21(20(2)34(19)23-11-7-4-8-12-23)18-27-32-25-29-24(28-22-9-5-3-6-10-22)30-26(31-25)33-13-15-35-16-14-33/h3-12,17-18H,13-16H2,1-2H3,(H2,28,29,30,31,32)/b27-18-. The molecule has 0 spiro atoms. The molecule has 0 amide bonds. The minimum absolute atomic E-state index is 0.369. The van der Waals surface area contributed by atoms with E-state index in [9.17, 15) is 0 Å². The molecule has 5 rings (SSSR count). The van der Waals surface area contributed by atoms with Gasteiger partial charge in [0.05, 0.1) is 19.4 Å². The van der Waals surface area contributed by atoms with Crippen LogP contribution < -0.4 is 15.6 Å². The monoisotopic (exact) mass is 468 g/mol. The Morgan fingerprint density at radius 2 is 1.57 bits per heavy atom. The molecule has 3 heterocycles. The highest BCUT2D eigenvalue weighted by Gasteiger charge is 2.17. The van der Waals surface area contributed by atoms with Gasteiger partial charge in [0.1, 0.15) is 0 Å². The summed E-state index contributed by atoms with van der Waals surface area (Å²) in [6, 6.07) is 22.2. The van der Waals surface area contributed by atoms with Crippen molar-refractivity contribution in [2.45, 2.75) is 13.8 Å². The molecule has 0 atom stereocenters. The van der Waals surface area contributed by atoms with Crippen LogP contribution in [-0.2, 0) is 4.74 Å². The fraction of sp³-hybridized carbons (Fsp3) is 0.231. The van der Waals surface area contributed by atoms with Crippen molar-refractivity contribution in [3.05, 3.63) is 83.7 Å². The van der Waals surface area contributed by atoms with E-state index in [0.29, 0.717) is 31.1 Å². The number of anilines is 4. The first-order chi connectivity index (χ1) is 17.2. The number of nitrogens with one attached hydrogen (secondary N) is 2. The fourth-order valence-corrected chi connectivity index (χ4v) is 4.08. The van der Waals surface area contributed by atoms with Gasteiger partial charge >= 0.3 is 0 Å². The van der Waals surface area contributed by atoms with Gasteiger partial charge in [0, 0.05) is 41.4 Å². The molecule has 1 aliphatic heterocycles. The van der Waals surface area contributed by atoms with Gasteiger partial charge in [-0.05, 0) is 44.2 Å². The maximum absolute atomic E-state index is 5.48. The molecule has 2 N–H and O–H groups in total. The van der Waals surface area contributed by atoms with Crippen molar-refractivity contribution in [3.63, 3.8) is 0 Å². The molecule has 0 bridgehead atoms. The Balaban J connectivity index is 1.39. The van der Waals surface area contributed by atoms with E-state index >= 15 is 0 Å². The molecule has 0 radical (unpaired) electrons. The van der Waals surface area contributed by atoms with Gasteiger partial charge in [0.15, 0.2) is 0 Å². The molecular formula is C26H28N8O. The van der Waals surface area contributed by atoms with Crippen LogP contribution in [0.5, 0.6) is 0 Å². The smallest absolute Gasteiger partial charge is 0.250 e. The molecule has 9 heteroatoms. The molecule has 0 aliphatic carbocycles. The van der Waals surface area contributed by atoms with E-state index in [0.717, 1.165) is 41.4 Å². The first-order valence-corrected chi connectivity index (χ1v) is 11.6. The van der Waals surface area contributed by atoms with Gasteiger partial charge in [0.25, 0.3) is 0 Å². The molecule has 1 fully saturated rings. The third kappa shape index (κ3) is 5.30. The number of nitrogens with zero attached hydrogens (tertiary/aromatic N) is 6. The highest BCUT2D eigenvalue weighted by Crippen LogP contribution is 2.21. The van der Waals surface area contributed by atoms with Crippen LogP contribution in [0.2, 0.25) is 0 Å². The lowest BCUT2D eigenvalue weighted by Crippen LogP contribution is -2.37. The Labute approximate surface area is 204 Å². The summed E-state index contributed by atoms with van der Waals surface area (Å²) in [6.45, 7) is 6.91. The van der Waals surface area contributed by atoms with E-state index in [-0.39, 0.29) is 0 Å². The van der Waals surface area contributed by atoms with E-state index in [1.165, 1.54) is 0 Å². The number of aryl methyl sites for hydroxylation is 1. The van der Waals surface area contributed by atoms with E-state index in [2.05, 4.69) is 72.3 Å². The van der Waals surface area contributed by atoms with Crippen LogP contribution in [0.3, 0.4) is 0 Å². The van der Waals surface area contributed by atoms with Crippen LogP contribution in [0, 0.1) is 13.8 Å². The normalized spacial score (nSPS) is 13.8. The quantitative estimate of drug-likeness (QED) is 0.308. The predicted molar refractivity (Wildman–Crippen MR) is 139 cm³/mol. The Morgan fingerprint density at radius 3 is 2.31 bits per heavy atom. The highest BCUT2D eigenvalue weighted by molar-refractivity contribution is 5.82. The van der Waals surface area contributed by atoms with Gasteiger partial charge in [0.2, 0.25) is 17.8 Å². The summed E-state index contributed by atoms with van der Waals surface area (Å²) in [7, 11) is 0. The Kier molecular flexibility index (Phi) is 6.67. The van der Waals surface area contributed by atoms with Crippen molar-refractivity contribution in [1.82, 2.24) is 19.5 Å². The lowest BCUT2D eigenvalue weighted by molar-refractivity contribution is 0.122. The molecule has 9 nitrogen and oxygen atoms in total. The number of hydrazone groups is 1. The number of hydrogen-bond acceptors (Lipinski definition) is 8. The van der Waals surface area contributed by atoms with Crippen LogP contribution in [0.15, 0.2) is 71.8 Å². The maximum Gasteiger partial charge on any atom is 0.250 e. The number of para-hydroxylation sites is 2. The average molecular weight is 469 g/mol. The molecule has 1 saturated heterocycles. The number of rotatable bonds is 7. The molecule has 4 aromatic rings. The topological polar surface area (TPSA) is 92.5 Å². The third-order valence-corrected chi connectivity index (χ3v) is 5.80. The van der Waals surface area contributed by atoms with Crippen molar-refractivity contribution in [1.29, 1.82) is 0 Å². The zero-order valence-electron chi connectivity index (χ0n) is 19.8. The summed E-state index contributed by atoms with van der Waals surface area (Å²) >= 11 is 0. The van der Waals surface area contributed by atoms with Crippen molar-refractivity contribution < 1.29 is 4.74 Å². The van der Waals surface area contributed by atoms with Crippen molar-refractivity contribution in [2.24, 2.45) is 5.10 Å². The van der Waals surface area contributed by atoms with Crippen LogP contribution in [-0.4, -0.2) is 52.0 Å². The first kappa shape index (κ1) is 22.5. The molecule has 2 aromatic heterocycles. The second kappa shape index (κ2) is 10.4. The number of hydrogen-bond donors (Lipinski definition) is 2. The maximum atomic E-state index is 5.48. The summed E-state index contributed by atoms with van der Waals surface area (Å²) in [6.07, 6.45) is 1.80. The number of ether oxygens (including phenoxy) is 1. The molecule has 2 aromatic carbocycles. The van der Waals surface area contributed by atoms with Crippen molar-refractivity contribution in [3.8, 4) is 5.69 Å². The van der Waals surface area contributed by atoms with Gasteiger partial charge in [-0.15, -0.1) is 0 Å². The first-order valence-electron chi connectivity index (χ1n) is 11.6. The Morgan fingerprint density at radius 1 is 0.886 bits per heavy atom.